The van der Waals surface area contributed by atoms with Gasteiger partial charge in [0, 0.05) is 12.6 Å². The van der Waals surface area contributed by atoms with Gasteiger partial charge in [0.25, 0.3) is 0 Å². The van der Waals surface area contributed by atoms with Gasteiger partial charge in [0.1, 0.15) is 11.8 Å². The predicted molar refractivity (Wildman–Crippen MR) is 142 cm³/mol. The van der Waals surface area contributed by atoms with Crippen LogP contribution in [0.5, 0.6) is 5.75 Å². The molecule has 9 nitrogen and oxygen atoms in total. The Bertz CT molecular complexity index is 830. The van der Waals surface area contributed by atoms with Crippen molar-refractivity contribution < 1.29 is 19.1 Å². The number of amides is 3. The molecular weight excluding hydrogens is 458 g/mol. The predicted octanol–water partition coefficient (Wildman–Crippen LogP) is 1.55. The maximum Gasteiger partial charge on any atom is 0.245 e. The average molecular weight is 504 g/mol. The fourth-order valence-corrected chi connectivity index (χ4v) is 4.52. The molecule has 1 aliphatic rings. The number of carbonyl (C=O) groups is 3. The first-order chi connectivity index (χ1) is 17.2. The van der Waals surface area contributed by atoms with E-state index in [1.54, 1.807) is 7.11 Å². The molecule has 9 heteroatoms. The Balaban J connectivity index is 1.94. The van der Waals surface area contributed by atoms with Crippen LogP contribution in [0.1, 0.15) is 51.5 Å². The lowest BCUT2D eigenvalue weighted by atomic mass is 10.0. The number of hydrogen-bond acceptors (Lipinski definition) is 6. The van der Waals surface area contributed by atoms with E-state index in [1.165, 1.54) is 4.90 Å². The van der Waals surface area contributed by atoms with E-state index < -0.39 is 11.9 Å². The molecule has 1 saturated heterocycles. The first-order valence-electron chi connectivity index (χ1n) is 13.1. The molecule has 0 aromatic heterocycles. The molecule has 0 spiro atoms. The van der Waals surface area contributed by atoms with Crippen LogP contribution in [-0.2, 0) is 20.8 Å². The van der Waals surface area contributed by atoms with Crippen molar-refractivity contribution in [3.8, 4) is 5.75 Å². The molecule has 202 valence electrons. The summed E-state index contributed by atoms with van der Waals surface area (Å²) in [5.41, 5.74) is 6.58. The lowest BCUT2D eigenvalue weighted by Crippen LogP contribution is -2.52. The summed E-state index contributed by atoms with van der Waals surface area (Å²) in [5, 5.41) is 6.09. The van der Waals surface area contributed by atoms with Gasteiger partial charge in [0.15, 0.2) is 0 Å². The third-order valence-electron chi connectivity index (χ3n) is 6.76. The summed E-state index contributed by atoms with van der Waals surface area (Å²) in [6.45, 7) is 6.24. The number of methoxy groups -OCH3 is 1. The van der Waals surface area contributed by atoms with Gasteiger partial charge >= 0.3 is 0 Å². The molecular formula is C27H45N5O4. The van der Waals surface area contributed by atoms with Crippen molar-refractivity contribution in [2.75, 3.05) is 46.9 Å². The Kier molecular flexibility index (Phi) is 12.7. The number of benzene rings is 1. The average Bonchev–Trinajstić information content (AvgIpc) is 3.26. The van der Waals surface area contributed by atoms with Crippen LogP contribution in [0.15, 0.2) is 24.3 Å². The van der Waals surface area contributed by atoms with Crippen LogP contribution < -0.4 is 21.1 Å². The van der Waals surface area contributed by atoms with Crippen molar-refractivity contribution in [2.45, 2.75) is 64.5 Å². The van der Waals surface area contributed by atoms with Gasteiger partial charge in [-0.05, 0) is 82.3 Å². The van der Waals surface area contributed by atoms with Crippen molar-refractivity contribution in [2.24, 2.45) is 11.7 Å². The van der Waals surface area contributed by atoms with Crippen molar-refractivity contribution >= 4 is 17.7 Å². The number of nitrogens with zero attached hydrogens (tertiary/aromatic N) is 2. The van der Waals surface area contributed by atoms with Gasteiger partial charge in [-0.25, -0.2) is 0 Å². The highest BCUT2D eigenvalue weighted by Gasteiger charge is 2.29. The lowest BCUT2D eigenvalue weighted by molar-refractivity contribution is -0.139. The van der Waals surface area contributed by atoms with Gasteiger partial charge in [-0.15, -0.1) is 0 Å². The number of nitrogens with two attached hydrogens (primary N) is 1. The highest BCUT2D eigenvalue weighted by molar-refractivity contribution is 5.90. The Morgan fingerprint density at radius 1 is 1.19 bits per heavy atom. The molecule has 1 aromatic rings. The maximum atomic E-state index is 13.4. The monoisotopic (exact) mass is 503 g/mol. The van der Waals surface area contributed by atoms with E-state index in [1.807, 2.05) is 24.3 Å². The summed E-state index contributed by atoms with van der Waals surface area (Å²) in [7, 11) is 3.73. The second kappa shape index (κ2) is 15.5. The molecule has 36 heavy (non-hydrogen) atoms. The molecule has 1 aromatic carbocycles. The minimum Gasteiger partial charge on any atom is -0.497 e. The normalized spacial score (nSPS) is 16.6. The molecule has 1 unspecified atom stereocenters. The molecule has 4 N–H and O–H groups in total. The third-order valence-corrected chi connectivity index (χ3v) is 6.76. The fraction of sp³-hybridized carbons (Fsp3) is 0.667. The van der Waals surface area contributed by atoms with Crippen LogP contribution in [0, 0.1) is 5.92 Å². The Hall–Kier alpha value is -2.65. The molecule has 1 fully saturated rings. The number of likely N-dealkylation sites (tertiary alicyclic amines) is 1. The Labute approximate surface area is 216 Å². The minimum absolute atomic E-state index is 0.116. The fourth-order valence-electron chi connectivity index (χ4n) is 4.52. The lowest BCUT2D eigenvalue weighted by Gasteiger charge is -2.29. The largest absolute Gasteiger partial charge is 0.497 e. The SMILES string of the molecule is COc1ccc(CCNCC(=O)NC(CC[C@H]2CCCN2C)C(=O)N(CCC(C)C)CC(N)=O)cc1. The number of primary amides is 1. The molecule has 0 radical (unpaired) electrons. The third kappa shape index (κ3) is 10.5. The minimum atomic E-state index is -0.679. The van der Waals surface area contributed by atoms with Crippen LogP contribution in [0.25, 0.3) is 0 Å². The van der Waals surface area contributed by atoms with Gasteiger partial charge in [-0.1, -0.05) is 26.0 Å². The Morgan fingerprint density at radius 2 is 1.92 bits per heavy atom. The summed E-state index contributed by atoms with van der Waals surface area (Å²) < 4.78 is 5.18. The second-order valence-electron chi connectivity index (χ2n) is 10.2. The molecule has 3 amide bonds. The molecule has 1 aliphatic heterocycles. The van der Waals surface area contributed by atoms with Gasteiger partial charge in [0.05, 0.1) is 20.2 Å². The summed E-state index contributed by atoms with van der Waals surface area (Å²) in [6, 6.07) is 7.55. The zero-order valence-electron chi connectivity index (χ0n) is 22.4. The highest BCUT2D eigenvalue weighted by atomic mass is 16.5. The van der Waals surface area contributed by atoms with Crippen molar-refractivity contribution in [1.29, 1.82) is 0 Å². The van der Waals surface area contributed by atoms with Crippen molar-refractivity contribution in [3.05, 3.63) is 29.8 Å². The summed E-state index contributed by atoms with van der Waals surface area (Å²) in [4.78, 5) is 41.7. The van der Waals surface area contributed by atoms with Gasteiger partial charge < -0.3 is 30.9 Å². The first kappa shape index (κ1) is 29.6. The molecule has 2 rings (SSSR count). The van der Waals surface area contributed by atoms with E-state index in [9.17, 15) is 14.4 Å². The zero-order valence-corrected chi connectivity index (χ0v) is 22.4. The molecule has 0 saturated carbocycles. The Morgan fingerprint density at radius 3 is 2.50 bits per heavy atom. The number of carbonyl (C=O) groups excluding carboxylic acids is 3. The molecule has 2 atom stereocenters. The smallest absolute Gasteiger partial charge is 0.245 e. The summed E-state index contributed by atoms with van der Waals surface area (Å²) >= 11 is 0. The zero-order chi connectivity index (χ0) is 26.5. The van der Waals surface area contributed by atoms with Crippen molar-refractivity contribution in [1.82, 2.24) is 20.4 Å². The standard InChI is InChI=1S/C27H45N5O4/c1-20(2)14-17-32(19-25(28)33)27(35)24(12-9-22-6-5-16-31(22)3)30-26(34)18-29-15-13-21-7-10-23(36-4)11-8-21/h7-8,10-11,20,22,24,29H,5-6,9,12-19H2,1-4H3,(H2,28,33)(H,30,34)/t22-,24?/m1/s1. The van der Waals surface area contributed by atoms with Gasteiger partial charge in [-0.2, -0.15) is 0 Å². The number of ether oxygens (including phenoxy) is 1. The molecule has 0 bridgehead atoms. The van der Waals surface area contributed by atoms with Crippen LogP contribution >= 0.6 is 0 Å². The maximum absolute atomic E-state index is 13.4. The van der Waals surface area contributed by atoms with Gasteiger partial charge in [0.2, 0.25) is 17.7 Å². The second-order valence-corrected chi connectivity index (χ2v) is 10.2. The molecule has 0 aliphatic carbocycles. The van der Waals surface area contributed by atoms with Crippen molar-refractivity contribution in [3.63, 3.8) is 0 Å². The van der Waals surface area contributed by atoms with E-state index >= 15 is 0 Å². The van der Waals surface area contributed by atoms with E-state index in [0.29, 0.717) is 31.5 Å². The van der Waals surface area contributed by atoms with Gasteiger partial charge in [-0.3, -0.25) is 14.4 Å². The quantitative estimate of drug-likeness (QED) is 0.295. The summed E-state index contributed by atoms with van der Waals surface area (Å²) in [6.07, 6.45) is 5.12. The van der Waals surface area contributed by atoms with Crippen LogP contribution in [0.3, 0.4) is 0 Å². The number of rotatable bonds is 16. The first-order valence-corrected chi connectivity index (χ1v) is 13.1. The topological polar surface area (TPSA) is 117 Å². The van der Waals surface area contributed by atoms with Crippen LogP contribution in [0.4, 0.5) is 0 Å². The number of nitrogens with one attached hydrogen (secondary N) is 2. The molecule has 1 heterocycles. The van der Waals surface area contributed by atoms with E-state index in [4.69, 9.17) is 10.5 Å². The highest BCUT2D eigenvalue weighted by Crippen LogP contribution is 2.20. The van der Waals surface area contributed by atoms with Crippen LogP contribution in [0.2, 0.25) is 0 Å². The number of hydrogen-bond donors (Lipinski definition) is 3. The van der Waals surface area contributed by atoms with Crippen LogP contribution in [-0.4, -0.2) is 86.5 Å². The van der Waals surface area contributed by atoms with E-state index in [0.717, 1.165) is 50.0 Å². The van der Waals surface area contributed by atoms with E-state index in [2.05, 4.69) is 36.4 Å². The van der Waals surface area contributed by atoms with E-state index in [-0.39, 0.29) is 24.9 Å². The summed E-state index contributed by atoms with van der Waals surface area (Å²) in [5.74, 6) is 0.174.